The lowest BCUT2D eigenvalue weighted by Crippen LogP contribution is -2.23. The first-order valence-electron chi connectivity index (χ1n) is 4.74. The molecule has 6 heteroatoms. The first kappa shape index (κ1) is 11.9. The molecule has 0 N–H and O–H groups in total. The minimum atomic E-state index is -3.20. The fourth-order valence-corrected chi connectivity index (χ4v) is 1.42. The van der Waals surface area contributed by atoms with Gasteiger partial charge >= 0.3 is 18.4 Å². The van der Waals surface area contributed by atoms with Gasteiger partial charge in [0, 0.05) is 0 Å². The minimum absolute atomic E-state index is 0.150. The van der Waals surface area contributed by atoms with Gasteiger partial charge in [-0.15, -0.1) is 0 Å². The van der Waals surface area contributed by atoms with Crippen molar-refractivity contribution in [2.24, 2.45) is 0 Å². The van der Waals surface area contributed by atoms with Crippen molar-refractivity contribution in [2.75, 3.05) is 6.61 Å². The van der Waals surface area contributed by atoms with Gasteiger partial charge in [-0.05, 0) is 25.7 Å². The molecule has 0 unspecified atom stereocenters. The van der Waals surface area contributed by atoms with E-state index < -0.39 is 25.0 Å². The predicted octanol–water partition coefficient (Wildman–Crippen LogP) is 1.28. The number of carbonyl (C=O) groups excluding carboxylic acids is 2. The van der Waals surface area contributed by atoms with Crippen LogP contribution in [0.25, 0.3) is 0 Å². The molecule has 4 nitrogen and oxygen atoms in total. The topological polar surface area (TPSA) is 52.6 Å². The highest BCUT2D eigenvalue weighted by molar-refractivity contribution is 5.78. The van der Waals surface area contributed by atoms with Crippen molar-refractivity contribution in [3.63, 3.8) is 0 Å². The number of alkyl halides is 2. The first-order chi connectivity index (χ1) is 7.09. The molecule has 1 rings (SSSR count). The number of hydrogen-bond donors (Lipinski definition) is 0. The molecule has 15 heavy (non-hydrogen) atoms. The fourth-order valence-electron chi connectivity index (χ4n) is 1.42. The van der Waals surface area contributed by atoms with E-state index in [0.717, 1.165) is 25.7 Å². The quantitative estimate of drug-likeness (QED) is 0.672. The summed E-state index contributed by atoms with van der Waals surface area (Å²) in [5.41, 5.74) is 0. The molecule has 1 saturated carbocycles. The summed E-state index contributed by atoms with van der Waals surface area (Å²) in [6, 6.07) is 0. The van der Waals surface area contributed by atoms with Gasteiger partial charge in [0.25, 0.3) is 0 Å². The second kappa shape index (κ2) is 5.63. The average Bonchev–Trinajstić information content (AvgIpc) is 2.66. The Morgan fingerprint density at radius 2 is 1.87 bits per heavy atom. The van der Waals surface area contributed by atoms with Gasteiger partial charge < -0.3 is 9.47 Å². The van der Waals surface area contributed by atoms with Gasteiger partial charge in [0.2, 0.25) is 0 Å². The summed E-state index contributed by atoms with van der Waals surface area (Å²) < 4.78 is 32.2. The predicted molar refractivity (Wildman–Crippen MR) is 45.3 cm³/mol. The zero-order valence-electron chi connectivity index (χ0n) is 8.08. The maximum Gasteiger partial charge on any atom is 0.374 e. The summed E-state index contributed by atoms with van der Waals surface area (Å²) in [7, 11) is 0. The molecular formula is C9H12F2O4. The van der Waals surface area contributed by atoms with E-state index in [1.165, 1.54) is 0 Å². The summed E-state index contributed by atoms with van der Waals surface area (Å²) in [6.45, 7) is -0.736. The fraction of sp³-hybridized carbons (Fsp3) is 0.778. The standard InChI is InChI=1S/C9H12F2O4/c10-8(11)9(13)14-5-7(12)15-6-3-1-2-4-6/h6,8H,1-5H2. The van der Waals surface area contributed by atoms with Crippen LogP contribution in [0, 0.1) is 0 Å². The Balaban J connectivity index is 2.15. The zero-order valence-corrected chi connectivity index (χ0v) is 8.08. The third-order valence-electron chi connectivity index (χ3n) is 2.11. The lowest BCUT2D eigenvalue weighted by molar-refractivity contribution is -0.168. The Bertz CT molecular complexity index is 236. The second-order valence-corrected chi connectivity index (χ2v) is 3.30. The third-order valence-corrected chi connectivity index (χ3v) is 2.11. The number of halogens is 2. The number of esters is 2. The van der Waals surface area contributed by atoms with Crippen molar-refractivity contribution in [3.05, 3.63) is 0 Å². The van der Waals surface area contributed by atoms with Crippen LogP contribution in [0.1, 0.15) is 25.7 Å². The van der Waals surface area contributed by atoms with Crippen LogP contribution in [0.3, 0.4) is 0 Å². The largest absolute Gasteiger partial charge is 0.460 e. The lowest BCUT2D eigenvalue weighted by atomic mass is 10.3. The molecule has 0 aliphatic heterocycles. The van der Waals surface area contributed by atoms with Gasteiger partial charge in [0.05, 0.1) is 0 Å². The van der Waals surface area contributed by atoms with Crippen LogP contribution >= 0.6 is 0 Å². The van der Waals surface area contributed by atoms with Crippen molar-refractivity contribution in [3.8, 4) is 0 Å². The molecule has 86 valence electrons. The lowest BCUT2D eigenvalue weighted by Gasteiger charge is -2.10. The molecular weight excluding hydrogens is 210 g/mol. The average molecular weight is 222 g/mol. The third kappa shape index (κ3) is 4.22. The van der Waals surface area contributed by atoms with E-state index in [1.807, 2.05) is 0 Å². The number of hydrogen-bond acceptors (Lipinski definition) is 4. The molecule has 0 heterocycles. The Kier molecular flexibility index (Phi) is 4.45. The monoisotopic (exact) mass is 222 g/mol. The highest BCUT2D eigenvalue weighted by atomic mass is 19.3. The van der Waals surface area contributed by atoms with Crippen LogP contribution in [-0.2, 0) is 19.1 Å². The van der Waals surface area contributed by atoms with Crippen molar-refractivity contribution < 1.29 is 27.8 Å². The van der Waals surface area contributed by atoms with Gasteiger partial charge in [-0.25, -0.2) is 9.59 Å². The van der Waals surface area contributed by atoms with E-state index >= 15 is 0 Å². The molecule has 0 radical (unpaired) electrons. The summed E-state index contributed by atoms with van der Waals surface area (Å²) in [5, 5.41) is 0. The molecule has 0 spiro atoms. The molecule has 0 aromatic rings. The summed E-state index contributed by atoms with van der Waals surface area (Å²) in [5.74, 6) is -2.46. The summed E-state index contributed by atoms with van der Waals surface area (Å²) >= 11 is 0. The van der Waals surface area contributed by atoms with Crippen molar-refractivity contribution in [1.29, 1.82) is 0 Å². The normalized spacial score (nSPS) is 16.7. The number of ether oxygens (including phenoxy) is 2. The summed E-state index contributed by atoms with van der Waals surface area (Å²) in [6.07, 6.45) is 0.208. The maximum absolute atomic E-state index is 11.7. The van der Waals surface area contributed by atoms with Gasteiger partial charge in [0.1, 0.15) is 6.10 Å². The molecule has 1 aliphatic rings. The highest BCUT2D eigenvalue weighted by Gasteiger charge is 2.22. The van der Waals surface area contributed by atoms with E-state index in [1.54, 1.807) is 0 Å². The first-order valence-corrected chi connectivity index (χ1v) is 4.74. The van der Waals surface area contributed by atoms with E-state index in [2.05, 4.69) is 4.74 Å². The smallest absolute Gasteiger partial charge is 0.374 e. The number of carbonyl (C=O) groups is 2. The van der Waals surface area contributed by atoms with E-state index in [0.29, 0.717) is 0 Å². The SMILES string of the molecule is O=C(COC(=O)C(F)F)OC1CCCC1. The molecule has 0 aromatic carbocycles. The van der Waals surface area contributed by atoms with E-state index in [-0.39, 0.29) is 6.10 Å². The number of rotatable bonds is 4. The van der Waals surface area contributed by atoms with Gasteiger partial charge in [-0.1, -0.05) is 0 Å². The van der Waals surface area contributed by atoms with Crippen LogP contribution in [0.2, 0.25) is 0 Å². The molecule has 1 aliphatic carbocycles. The van der Waals surface area contributed by atoms with E-state index in [4.69, 9.17) is 4.74 Å². The molecule has 0 amide bonds. The Morgan fingerprint density at radius 1 is 1.27 bits per heavy atom. The van der Waals surface area contributed by atoms with Crippen LogP contribution in [0.5, 0.6) is 0 Å². The van der Waals surface area contributed by atoms with E-state index in [9.17, 15) is 18.4 Å². The van der Waals surface area contributed by atoms with Crippen LogP contribution in [0.15, 0.2) is 0 Å². The molecule has 0 atom stereocenters. The molecule has 1 fully saturated rings. The van der Waals surface area contributed by atoms with Gasteiger partial charge in [0.15, 0.2) is 6.61 Å². The van der Waals surface area contributed by atoms with Crippen molar-refractivity contribution in [1.82, 2.24) is 0 Å². The van der Waals surface area contributed by atoms with Crippen LogP contribution < -0.4 is 0 Å². The Morgan fingerprint density at radius 3 is 2.40 bits per heavy atom. The highest BCUT2D eigenvalue weighted by Crippen LogP contribution is 2.20. The van der Waals surface area contributed by atoms with Crippen molar-refractivity contribution >= 4 is 11.9 Å². The molecule has 0 aromatic heterocycles. The minimum Gasteiger partial charge on any atom is -0.460 e. The van der Waals surface area contributed by atoms with Crippen LogP contribution in [-0.4, -0.2) is 31.1 Å². The Hall–Kier alpha value is -1.20. The maximum atomic E-state index is 11.7. The van der Waals surface area contributed by atoms with Crippen molar-refractivity contribution in [2.45, 2.75) is 38.2 Å². The second-order valence-electron chi connectivity index (χ2n) is 3.30. The van der Waals surface area contributed by atoms with Gasteiger partial charge in [-0.2, -0.15) is 8.78 Å². The van der Waals surface area contributed by atoms with Crippen LogP contribution in [0.4, 0.5) is 8.78 Å². The summed E-state index contributed by atoms with van der Waals surface area (Å²) in [4.78, 5) is 21.3. The Labute approximate surface area is 85.5 Å². The molecule has 0 bridgehead atoms. The van der Waals surface area contributed by atoms with Gasteiger partial charge in [-0.3, -0.25) is 0 Å². The zero-order chi connectivity index (χ0) is 11.3. The molecule has 0 saturated heterocycles.